The number of nitrogens with zero attached hydrogens (tertiary/aromatic N) is 3. The smallest absolute Gasteiger partial charge is 0.419 e. The fourth-order valence-electron chi connectivity index (χ4n) is 8.17. The third-order valence-corrected chi connectivity index (χ3v) is 12.9. The molecule has 3 amide bonds. The van der Waals surface area contributed by atoms with Crippen molar-refractivity contribution in [2.75, 3.05) is 74.8 Å². The maximum Gasteiger partial charge on any atom is 0.419 e. The molecule has 3 heterocycles. The fraction of sp³-hybridized carbons (Fsp3) is 0.143. The number of para-hydroxylation sites is 3. The maximum atomic E-state index is 13.6. The number of alkyl halides is 9. The van der Waals surface area contributed by atoms with E-state index in [1.807, 2.05) is 0 Å². The summed E-state index contributed by atoms with van der Waals surface area (Å²) in [7, 11) is 8.40. The van der Waals surface area contributed by atoms with Crippen LogP contribution in [0.1, 0.15) is 47.8 Å². The lowest BCUT2D eigenvalue weighted by atomic mass is 10.1. The Labute approximate surface area is 533 Å². The number of hydrogen-bond acceptors (Lipinski definition) is 15. The second kappa shape index (κ2) is 32.2. The highest BCUT2D eigenvalue weighted by Gasteiger charge is 2.37. The fourth-order valence-corrected chi connectivity index (χ4v) is 8.33. The minimum atomic E-state index is -4.69. The van der Waals surface area contributed by atoms with Crippen molar-refractivity contribution >= 4 is 92.1 Å². The molecule has 0 unspecified atom stereocenters. The summed E-state index contributed by atoms with van der Waals surface area (Å²) in [5.41, 5.74) is 3.72. The first-order valence-corrected chi connectivity index (χ1v) is 27.3. The summed E-state index contributed by atoms with van der Waals surface area (Å²) in [6.07, 6.45) is -12.0. The molecular weight excluding hydrogens is 1280 g/mol. The number of nitrogens with one attached hydrogen (secondary N) is 8. The van der Waals surface area contributed by atoms with Gasteiger partial charge in [0.1, 0.15) is 51.5 Å². The molecule has 10 N–H and O–H groups in total. The van der Waals surface area contributed by atoms with Crippen LogP contribution in [0.15, 0.2) is 164 Å². The number of pyridine rings is 3. The largest absolute Gasteiger partial charge is 0.494 e. The van der Waals surface area contributed by atoms with E-state index in [0.29, 0.717) is 41.4 Å². The van der Waals surface area contributed by atoms with E-state index in [0.717, 1.165) is 30.3 Å². The summed E-state index contributed by atoms with van der Waals surface area (Å²) in [5.74, 6) is -1.95. The number of ether oxygens (including phenoxy) is 3. The van der Waals surface area contributed by atoms with E-state index in [9.17, 15) is 67.1 Å². The van der Waals surface area contributed by atoms with E-state index in [4.69, 9.17) is 31.5 Å². The number of aromatic nitrogens is 3. The quantitative estimate of drug-likeness (QED) is 0.0248. The summed E-state index contributed by atoms with van der Waals surface area (Å²) in [4.78, 5) is 47.0. The topological polar surface area (TPSA) is 240 Å². The number of hydrogen-bond donors (Lipinski definition) is 9. The van der Waals surface area contributed by atoms with Gasteiger partial charge in [-0.1, -0.05) is 48.0 Å². The summed E-state index contributed by atoms with van der Waals surface area (Å²) >= 11 is 5.67. The molecule has 0 fully saturated rings. The van der Waals surface area contributed by atoms with E-state index in [2.05, 4.69) is 57.5 Å². The molecule has 31 heteroatoms. The van der Waals surface area contributed by atoms with E-state index < -0.39 is 64.6 Å². The number of amides is 3. The number of halogens is 13. The molecule has 0 spiro atoms. The molecule has 0 aliphatic rings. The van der Waals surface area contributed by atoms with Crippen molar-refractivity contribution in [3.63, 3.8) is 0 Å². The molecule has 9 aromatic rings. The number of nitrogen functional groups attached to an aromatic ring is 1. The highest BCUT2D eigenvalue weighted by molar-refractivity contribution is 6.29. The number of anilines is 11. The second-order valence-electron chi connectivity index (χ2n) is 18.9. The minimum Gasteiger partial charge on any atom is -0.494 e. The number of nitrogens with two attached hydrogens (primary N) is 1. The zero-order valence-electron chi connectivity index (χ0n) is 49.9. The molecule has 0 aliphatic carbocycles. The maximum absolute atomic E-state index is 13.6. The Balaban J connectivity index is 0.000000210. The predicted octanol–water partition coefficient (Wildman–Crippen LogP) is 15.5. The summed E-state index contributed by atoms with van der Waals surface area (Å²) in [6, 6.07) is 33.2. The number of benzene rings is 6. The van der Waals surface area contributed by atoms with Crippen LogP contribution >= 0.6 is 11.6 Å². The van der Waals surface area contributed by atoms with Crippen LogP contribution in [-0.4, -0.2) is 75.1 Å². The molecule has 0 atom stereocenters. The Hall–Kier alpha value is -11.2. The van der Waals surface area contributed by atoms with Crippen molar-refractivity contribution < 1.29 is 81.3 Å². The SMILES string of the molecule is CNC(=O)c1ccccc1Nc1cc(Cl)ncc1C(F)(F)F.CNC(=O)c1ccccc1Nc1cc(Nc2ccc(F)cc2OC)ncc1C(F)(F)F.CNC(=O)c1ccccc1Nc1cc(Nc2ccc(F)cc2OC)ncc1C(F)(F)F.COc1cc(F)ccc1N. The average Bonchev–Trinajstić information content (AvgIpc) is 0.824. The van der Waals surface area contributed by atoms with Crippen molar-refractivity contribution in [3.8, 4) is 17.2 Å². The van der Waals surface area contributed by atoms with Gasteiger partial charge in [0.05, 0.1) is 106 Å². The highest BCUT2D eigenvalue weighted by Crippen LogP contribution is 2.41. The molecule has 0 bridgehead atoms. The van der Waals surface area contributed by atoms with Crippen LogP contribution in [0, 0.1) is 17.5 Å². The number of rotatable bonds is 16. The highest BCUT2D eigenvalue weighted by atomic mass is 35.5. The molecule has 0 radical (unpaired) electrons. The van der Waals surface area contributed by atoms with Crippen LogP contribution in [0.3, 0.4) is 0 Å². The molecule has 0 saturated carbocycles. The molecular formula is C63H55ClF12N12O6. The standard InChI is InChI=1S/2C21H18F4N4O2.C14H11ClF3N3O.C7H8FNO/c2*1-26-20(30)13-5-3-4-6-15(13)28-17-10-19(27-11-14(17)21(23,24)25)29-16-8-7-12(22)9-18(16)31-2;1-19-13(22)8-4-2-3-5-10(8)21-11-6-12(15)20-7-9(11)14(16,17)18;1-10-7-4-5(8)2-3-6(7)9/h2*3-11H,1-2H3,(H,26,30)(H2,27,28,29);2-7H,1H3,(H,19,22)(H,20,21);2-4H,9H2,1H3. The van der Waals surface area contributed by atoms with Crippen molar-refractivity contribution in [3.05, 3.63) is 220 Å². The third kappa shape index (κ3) is 19.7. The summed E-state index contributed by atoms with van der Waals surface area (Å²) in [6.45, 7) is 0. The zero-order valence-corrected chi connectivity index (χ0v) is 50.6. The Kier molecular flexibility index (Phi) is 24.6. The van der Waals surface area contributed by atoms with Gasteiger partial charge in [-0.2, -0.15) is 39.5 Å². The molecule has 0 aliphatic heterocycles. The number of carbonyl (C=O) groups is 3. The van der Waals surface area contributed by atoms with Crippen LogP contribution in [0.5, 0.6) is 17.2 Å². The number of carbonyl (C=O) groups excluding carboxylic acids is 3. The molecule has 94 heavy (non-hydrogen) atoms. The van der Waals surface area contributed by atoms with Crippen LogP contribution in [-0.2, 0) is 18.5 Å². The zero-order chi connectivity index (χ0) is 69.1. The Morgan fingerprint density at radius 3 is 1.02 bits per heavy atom. The molecule has 3 aromatic heterocycles. The van der Waals surface area contributed by atoms with E-state index in [1.54, 1.807) is 36.4 Å². The van der Waals surface area contributed by atoms with Crippen LogP contribution < -0.4 is 62.5 Å². The third-order valence-electron chi connectivity index (χ3n) is 12.6. The first kappa shape index (κ1) is 71.9. The molecule has 18 nitrogen and oxygen atoms in total. The van der Waals surface area contributed by atoms with E-state index in [1.165, 1.54) is 121 Å². The Morgan fingerprint density at radius 1 is 0.394 bits per heavy atom. The Morgan fingerprint density at radius 2 is 0.702 bits per heavy atom. The minimum absolute atomic E-state index is 0.0535. The van der Waals surface area contributed by atoms with Crippen LogP contribution in [0.2, 0.25) is 5.15 Å². The molecule has 9 rings (SSSR count). The van der Waals surface area contributed by atoms with Gasteiger partial charge in [-0.05, 0) is 78.9 Å². The first-order valence-electron chi connectivity index (χ1n) is 26.9. The van der Waals surface area contributed by atoms with Gasteiger partial charge in [0.2, 0.25) is 0 Å². The lowest BCUT2D eigenvalue weighted by Gasteiger charge is -2.18. The van der Waals surface area contributed by atoms with E-state index >= 15 is 0 Å². The van der Waals surface area contributed by atoms with Crippen LogP contribution in [0.4, 0.5) is 116 Å². The van der Waals surface area contributed by atoms with Gasteiger partial charge in [-0.3, -0.25) is 14.4 Å². The lowest BCUT2D eigenvalue weighted by molar-refractivity contribution is -0.138. The van der Waals surface area contributed by atoms with Gasteiger partial charge in [-0.25, -0.2) is 28.1 Å². The number of methoxy groups -OCH3 is 3. The van der Waals surface area contributed by atoms with E-state index in [-0.39, 0.29) is 84.9 Å². The summed E-state index contributed by atoms with van der Waals surface area (Å²) < 4.78 is 174. The monoisotopic (exact) mass is 1340 g/mol. The van der Waals surface area contributed by atoms with Crippen molar-refractivity contribution in [2.24, 2.45) is 0 Å². The Bertz CT molecular complexity index is 3950. The second-order valence-corrected chi connectivity index (χ2v) is 19.2. The van der Waals surface area contributed by atoms with Gasteiger partial charge >= 0.3 is 18.5 Å². The van der Waals surface area contributed by atoms with Gasteiger partial charge in [-0.15, -0.1) is 0 Å². The first-order chi connectivity index (χ1) is 44.5. The average molecular weight is 1340 g/mol. The lowest BCUT2D eigenvalue weighted by Crippen LogP contribution is -2.19. The van der Waals surface area contributed by atoms with Gasteiger partial charge < -0.3 is 62.5 Å². The summed E-state index contributed by atoms with van der Waals surface area (Å²) in [5, 5.41) is 20.8. The van der Waals surface area contributed by atoms with Crippen LogP contribution in [0.25, 0.3) is 0 Å². The predicted molar refractivity (Wildman–Crippen MR) is 332 cm³/mol. The molecule has 0 saturated heterocycles. The molecule has 6 aromatic carbocycles. The van der Waals surface area contributed by atoms with Gasteiger partial charge in [0.25, 0.3) is 17.7 Å². The normalized spacial score (nSPS) is 10.9. The van der Waals surface area contributed by atoms with Gasteiger partial charge in [0, 0.05) is 70.1 Å². The van der Waals surface area contributed by atoms with Crippen molar-refractivity contribution in [1.29, 1.82) is 0 Å². The van der Waals surface area contributed by atoms with Gasteiger partial charge in [0.15, 0.2) is 0 Å². The molecule has 494 valence electrons. The van der Waals surface area contributed by atoms with Crippen molar-refractivity contribution in [1.82, 2.24) is 30.9 Å². The van der Waals surface area contributed by atoms with Crippen molar-refractivity contribution in [2.45, 2.75) is 18.5 Å².